The minimum absolute atomic E-state index is 0.00928. The lowest BCUT2D eigenvalue weighted by Gasteiger charge is -2.04. The van der Waals surface area contributed by atoms with Gasteiger partial charge in [0.05, 0.1) is 12.4 Å². The monoisotopic (exact) mass is 405 g/mol. The molecule has 0 saturated heterocycles. The molecule has 3 aromatic rings. The van der Waals surface area contributed by atoms with Crippen LogP contribution in [0.25, 0.3) is 11.4 Å². The van der Waals surface area contributed by atoms with Crippen LogP contribution in [0.15, 0.2) is 35.6 Å². The summed E-state index contributed by atoms with van der Waals surface area (Å²) in [7, 11) is 1.86. The zero-order chi connectivity index (χ0) is 19.4. The van der Waals surface area contributed by atoms with E-state index in [0.29, 0.717) is 34.1 Å². The van der Waals surface area contributed by atoms with E-state index in [9.17, 15) is 4.79 Å². The number of ether oxygens (including phenoxy) is 1. The van der Waals surface area contributed by atoms with Crippen molar-refractivity contribution >= 4 is 29.1 Å². The predicted molar refractivity (Wildman–Crippen MR) is 106 cm³/mol. The van der Waals surface area contributed by atoms with E-state index in [4.69, 9.17) is 16.3 Å². The van der Waals surface area contributed by atoms with Gasteiger partial charge in [-0.2, -0.15) is 0 Å². The molecule has 0 unspecified atom stereocenters. The number of thioether (sulfide) groups is 1. The Morgan fingerprint density at radius 3 is 2.63 bits per heavy atom. The highest BCUT2D eigenvalue weighted by molar-refractivity contribution is 7.99. The van der Waals surface area contributed by atoms with E-state index in [1.165, 1.54) is 11.8 Å². The van der Waals surface area contributed by atoms with Crippen LogP contribution in [0.1, 0.15) is 24.2 Å². The molecule has 0 fully saturated rings. The Morgan fingerprint density at radius 1 is 1.22 bits per heavy atom. The van der Waals surface area contributed by atoms with Gasteiger partial charge in [-0.1, -0.05) is 23.4 Å². The molecule has 9 heteroatoms. The highest BCUT2D eigenvalue weighted by Crippen LogP contribution is 2.29. The number of carbonyl (C=O) groups excluding carboxylic acids is 1. The number of Topliss-reactive ketones (excluding diaryl/α,β-unsaturated/α-hetero) is 1. The minimum Gasteiger partial charge on any atom is -0.476 e. The number of aryl methyl sites for hydroxylation is 1. The van der Waals surface area contributed by atoms with Crippen LogP contribution in [-0.2, 0) is 13.6 Å². The number of halogens is 1. The number of carbonyl (C=O) groups is 1. The second-order valence-electron chi connectivity index (χ2n) is 5.72. The van der Waals surface area contributed by atoms with Crippen molar-refractivity contribution < 1.29 is 9.53 Å². The topological polar surface area (TPSA) is 74.8 Å². The van der Waals surface area contributed by atoms with E-state index >= 15 is 0 Å². The summed E-state index contributed by atoms with van der Waals surface area (Å²) in [5, 5.41) is 14.2. The lowest BCUT2D eigenvalue weighted by molar-refractivity contribution is 0.102. The van der Waals surface area contributed by atoms with Crippen molar-refractivity contribution in [3.63, 3.8) is 0 Å². The van der Waals surface area contributed by atoms with Crippen LogP contribution in [0.5, 0.6) is 5.88 Å². The molecule has 0 N–H and O–H groups in total. The number of ketones is 1. The first-order valence-electron chi connectivity index (χ1n) is 8.55. The van der Waals surface area contributed by atoms with E-state index in [2.05, 4.69) is 15.3 Å². The summed E-state index contributed by atoms with van der Waals surface area (Å²) in [6.07, 6.45) is 1.89. The SMILES string of the molecule is CCOc1nn(CC)cc1-c1nnc(SCC(=O)c2ccc(Cl)cc2)n1C. The Hall–Kier alpha value is -2.32. The predicted octanol–water partition coefficient (Wildman–Crippen LogP) is 3.73. The lowest BCUT2D eigenvalue weighted by atomic mass is 10.1. The quantitative estimate of drug-likeness (QED) is 0.420. The van der Waals surface area contributed by atoms with Gasteiger partial charge in [-0.25, -0.2) is 0 Å². The summed E-state index contributed by atoms with van der Waals surface area (Å²) in [6, 6.07) is 6.86. The van der Waals surface area contributed by atoms with E-state index in [0.717, 1.165) is 12.1 Å². The highest BCUT2D eigenvalue weighted by atomic mass is 35.5. The molecule has 0 bridgehead atoms. The first-order valence-corrected chi connectivity index (χ1v) is 9.91. The standard InChI is InChI=1S/C18H20ClN5O2S/c1-4-24-10-14(17(22-24)26-5-2)16-20-21-18(23(16)3)27-11-15(25)12-6-8-13(19)9-7-12/h6-10H,4-5,11H2,1-3H3. The fraction of sp³-hybridized carbons (Fsp3) is 0.333. The second-order valence-corrected chi connectivity index (χ2v) is 7.10. The number of nitrogens with zero attached hydrogens (tertiary/aromatic N) is 5. The molecule has 2 aromatic heterocycles. The van der Waals surface area contributed by atoms with Gasteiger partial charge in [-0.3, -0.25) is 9.48 Å². The second kappa shape index (κ2) is 8.58. The molecule has 27 heavy (non-hydrogen) atoms. The molecule has 2 heterocycles. The van der Waals surface area contributed by atoms with Gasteiger partial charge in [0, 0.05) is 30.4 Å². The molecule has 0 radical (unpaired) electrons. The molecule has 142 valence electrons. The Morgan fingerprint density at radius 2 is 1.96 bits per heavy atom. The minimum atomic E-state index is 0.00928. The Bertz CT molecular complexity index is 936. The lowest BCUT2D eigenvalue weighted by Crippen LogP contribution is -2.04. The first-order chi connectivity index (χ1) is 13.0. The van der Waals surface area contributed by atoms with Crippen molar-refractivity contribution in [3.8, 4) is 17.3 Å². The molecule has 7 nitrogen and oxygen atoms in total. The van der Waals surface area contributed by atoms with Gasteiger partial charge in [0.2, 0.25) is 5.88 Å². The van der Waals surface area contributed by atoms with Crippen LogP contribution in [0, 0.1) is 0 Å². The van der Waals surface area contributed by atoms with Gasteiger partial charge in [0.25, 0.3) is 0 Å². The number of aromatic nitrogens is 5. The maximum atomic E-state index is 12.3. The largest absolute Gasteiger partial charge is 0.476 e. The number of hydrogen-bond donors (Lipinski definition) is 0. The summed E-state index contributed by atoms with van der Waals surface area (Å²) in [5.74, 6) is 1.46. The van der Waals surface area contributed by atoms with Crippen molar-refractivity contribution in [2.24, 2.45) is 7.05 Å². The Labute approximate surface area is 166 Å². The summed E-state index contributed by atoms with van der Waals surface area (Å²) in [6.45, 7) is 5.17. The maximum Gasteiger partial charge on any atom is 0.243 e. The fourth-order valence-electron chi connectivity index (χ4n) is 2.49. The van der Waals surface area contributed by atoms with Crippen LogP contribution in [0.3, 0.4) is 0 Å². The zero-order valence-electron chi connectivity index (χ0n) is 15.3. The third-order valence-electron chi connectivity index (χ3n) is 3.91. The molecule has 0 aliphatic heterocycles. The van der Waals surface area contributed by atoms with Gasteiger partial charge >= 0.3 is 0 Å². The maximum absolute atomic E-state index is 12.3. The van der Waals surface area contributed by atoms with Crippen molar-refractivity contribution in [1.82, 2.24) is 24.5 Å². The van der Waals surface area contributed by atoms with Gasteiger partial charge in [0.15, 0.2) is 16.8 Å². The molecule has 0 spiro atoms. The summed E-state index contributed by atoms with van der Waals surface area (Å²) < 4.78 is 9.26. The molecule has 0 aliphatic carbocycles. The molecule has 1 aromatic carbocycles. The van der Waals surface area contributed by atoms with E-state index in [1.807, 2.05) is 31.7 Å². The molecule has 0 saturated carbocycles. The van der Waals surface area contributed by atoms with Crippen molar-refractivity contribution in [2.45, 2.75) is 25.5 Å². The Balaban J connectivity index is 1.76. The van der Waals surface area contributed by atoms with Gasteiger partial charge in [-0.15, -0.1) is 15.3 Å². The van der Waals surface area contributed by atoms with Crippen LogP contribution in [-0.4, -0.2) is 42.7 Å². The van der Waals surface area contributed by atoms with Crippen LogP contribution in [0.4, 0.5) is 0 Å². The van der Waals surface area contributed by atoms with Crippen molar-refractivity contribution in [3.05, 3.63) is 41.0 Å². The number of benzene rings is 1. The average molecular weight is 406 g/mol. The summed E-state index contributed by atoms with van der Waals surface area (Å²) >= 11 is 7.20. The van der Waals surface area contributed by atoms with Crippen LogP contribution in [0.2, 0.25) is 5.02 Å². The normalized spacial score (nSPS) is 11.0. The number of hydrogen-bond acceptors (Lipinski definition) is 6. The van der Waals surface area contributed by atoms with E-state index in [1.54, 1.807) is 28.9 Å². The zero-order valence-corrected chi connectivity index (χ0v) is 16.9. The number of rotatable bonds is 8. The summed E-state index contributed by atoms with van der Waals surface area (Å²) in [5.41, 5.74) is 1.40. The van der Waals surface area contributed by atoms with Crippen molar-refractivity contribution in [1.29, 1.82) is 0 Å². The molecule has 0 atom stereocenters. The molecular formula is C18H20ClN5O2S. The molecule has 0 aliphatic rings. The molecular weight excluding hydrogens is 386 g/mol. The average Bonchev–Trinajstić information content (AvgIpc) is 3.23. The molecule has 3 rings (SSSR count). The smallest absolute Gasteiger partial charge is 0.243 e. The first kappa shape index (κ1) is 19.4. The highest BCUT2D eigenvalue weighted by Gasteiger charge is 2.19. The molecule has 0 amide bonds. The third kappa shape index (κ3) is 4.33. The van der Waals surface area contributed by atoms with Crippen LogP contribution < -0.4 is 4.74 Å². The van der Waals surface area contributed by atoms with E-state index in [-0.39, 0.29) is 11.5 Å². The fourth-order valence-corrected chi connectivity index (χ4v) is 3.42. The van der Waals surface area contributed by atoms with Gasteiger partial charge in [-0.05, 0) is 38.1 Å². The van der Waals surface area contributed by atoms with Gasteiger partial charge < -0.3 is 9.30 Å². The van der Waals surface area contributed by atoms with Crippen molar-refractivity contribution in [2.75, 3.05) is 12.4 Å². The Kier molecular flexibility index (Phi) is 6.18. The van der Waals surface area contributed by atoms with E-state index < -0.39 is 0 Å². The van der Waals surface area contributed by atoms with Gasteiger partial charge in [0.1, 0.15) is 5.56 Å². The third-order valence-corrected chi connectivity index (χ3v) is 5.18. The summed E-state index contributed by atoms with van der Waals surface area (Å²) in [4.78, 5) is 12.3. The van der Waals surface area contributed by atoms with Crippen LogP contribution >= 0.6 is 23.4 Å².